The Bertz CT molecular complexity index is 266. The maximum Gasteiger partial charge on any atom is 0.173 e. The summed E-state index contributed by atoms with van der Waals surface area (Å²) in [5.41, 5.74) is 0. The molecule has 0 amide bonds. The van der Waals surface area contributed by atoms with E-state index in [-0.39, 0.29) is 0 Å². The highest BCUT2D eigenvalue weighted by Crippen LogP contribution is 2.25. The van der Waals surface area contributed by atoms with Crippen molar-refractivity contribution in [1.29, 1.82) is 0 Å². The number of ether oxygens (including phenoxy) is 1. The van der Waals surface area contributed by atoms with Crippen LogP contribution in [0, 0.1) is 0 Å². The first kappa shape index (κ1) is 9.03. The number of hydrogen-bond donors (Lipinski definition) is 0. The van der Waals surface area contributed by atoms with Crippen LogP contribution in [0.2, 0.25) is 0 Å². The third kappa shape index (κ3) is 2.23. The van der Waals surface area contributed by atoms with Crippen LogP contribution in [0.1, 0.15) is 17.7 Å². The van der Waals surface area contributed by atoms with E-state index in [1.807, 2.05) is 0 Å². The zero-order chi connectivity index (χ0) is 9.10. The molecular formula is C10H15NOS. The summed E-state index contributed by atoms with van der Waals surface area (Å²) in [6.07, 6.45) is 2.73. The van der Waals surface area contributed by atoms with E-state index in [1.54, 1.807) is 18.4 Å². The zero-order valence-corrected chi connectivity index (χ0v) is 8.77. The van der Waals surface area contributed by atoms with Gasteiger partial charge in [0.2, 0.25) is 0 Å². The highest BCUT2D eigenvalue weighted by atomic mass is 32.1. The second-order valence-electron chi connectivity index (χ2n) is 3.41. The van der Waals surface area contributed by atoms with Crippen LogP contribution >= 0.6 is 11.3 Å². The minimum Gasteiger partial charge on any atom is -0.487 e. The van der Waals surface area contributed by atoms with Crippen molar-refractivity contribution in [1.82, 2.24) is 4.90 Å². The molecule has 1 aliphatic rings. The molecule has 2 heterocycles. The quantitative estimate of drug-likeness (QED) is 0.737. The molecule has 0 spiro atoms. The van der Waals surface area contributed by atoms with Crippen molar-refractivity contribution in [3.05, 3.63) is 17.0 Å². The van der Waals surface area contributed by atoms with Gasteiger partial charge in [-0.05, 0) is 38.1 Å². The van der Waals surface area contributed by atoms with Crippen molar-refractivity contribution < 1.29 is 4.74 Å². The normalized spacial score (nSPS) is 17.9. The summed E-state index contributed by atoms with van der Waals surface area (Å²) in [6, 6.07) is 4.22. The average Bonchev–Trinajstić information content (AvgIpc) is 2.76. The van der Waals surface area contributed by atoms with Crippen LogP contribution in [0.5, 0.6) is 5.06 Å². The summed E-state index contributed by atoms with van der Waals surface area (Å²) >= 11 is 1.76. The lowest BCUT2D eigenvalue weighted by Gasteiger charge is -2.12. The van der Waals surface area contributed by atoms with Gasteiger partial charge in [-0.25, -0.2) is 0 Å². The molecule has 2 nitrogen and oxygen atoms in total. The first-order valence-electron chi connectivity index (χ1n) is 4.73. The molecule has 1 fully saturated rings. The Labute approximate surface area is 83.1 Å². The van der Waals surface area contributed by atoms with Crippen LogP contribution < -0.4 is 4.74 Å². The van der Waals surface area contributed by atoms with Crippen LogP contribution in [0.3, 0.4) is 0 Å². The molecule has 2 rings (SSSR count). The molecule has 3 heteroatoms. The van der Waals surface area contributed by atoms with Crippen molar-refractivity contribution in [3.8, 4) is 5.06 Å². The van der Waals surface area contributed by atoms with Gasteiger partial charge in [0, 0.05) is 11.4 Å². The van der Waals surface area contributed by atoms with Crippen molar-refractivity contribution in [2.45, 2.75) is 19.4 Å². The Morgan fingerprint density at radius 1 is 1.38 bits per heavy atom. The van der Waals surface area contributed by atoms with Crippen molar-refractivity contribution in [2.24, 2.45) is 0 Å². The van der Waals surface area contributed by atoms with Crippen molar-refractivity contribution in [3.63, 3.8) is 0 Å². The van der Waals surface area contributed by atoms with E-state index in [4.69, 9.17) is 4.74 Å². The van der Waals surface area contributed by atoms with Gasteiger partial charge in [-0.3, -0.25) is 4.90 Å². The Morgan fingerprint density at radius 3 is 2.77 bits per heavy atom. The third-order valence-corrected chi connectivity index (χ3v) is 3.45. The Morgan fingerprint density at radius 2 is 2.15 bits per heavy atom. The van der Waals surface area contributed by atoms with Crippen LogP contribution in [0.4, 0.5) is 0 Å². The summed E-state index contributed by atoms with van der Waals surface area (Å²) in [7, 11) is 1.73. The Hall–Kier alpha value is -0.540. The minimum atomic E-state index is 1.02. The van der Waals surface area contributed by atoms with Gasteiger partial charge >= 0.3 is 0 Å². The molecule has 1 saturated heterocycles. The predicted octanol–water partition coefficient (Wildman–Crippen LogP) is 2.35. The van der Waals surface area contributed by atoms with E-state index in [9.17, 15) is 0 Å². The van der Waals surface area contributed by atoms with Gasteiger partial charge in [0.1, 0.15) is 0 Å². The topological polar surface area (TPSA) is 12.5 Å². The molecule has 0 bridgehead atoms. The standard InChI is InChI=1S/C10H15NOS/c1-12-10-5-4-9(13-10)8-11-6-2-3-7-11/h4-5H,2-3,6-8H2,1H3. The molecule has 1 aromatic rings. The summed E-state index contributed by atoms with van der Waals surface area (Å²) in [4.78, 5) is 3.92. The van der Waals surface area contributed by atoms with Gasteiger partial charge in [0.25, 0.3) is 0 Å². The van der Waals surface area contributed by atoms with Gasteiger partial charge < -0.3 is 4.74 Å². The summed E-state index contributed by atoms with van der Waals surface area (Å²) in [6.45, 7) is 3.63. The van der Waals surface area contributed by atoms with Crippen LogP contribution in [-0.2, 0) is 6.54 Å². The first-order valence-corrected chi connectivity index (χ1v) is 5.55. The number of likely N-dealkylation sites (tertiary alicyclic amines) is 1. The van der Waals surface area contributed by atoms with Gasteiger partial charge in [-0.1, -0.05) is 0 Å². The fourth-order valence-corrected chi connectivity index (χ4v) is 2.58. The molecule has 0 aliphatic carbocycles. The zero-order valence-electron chi connectivity index (χ0n) is 7.95. The van der Waals surface area contributed by atoms with E-state index in [1.165, 1.54) is 30.8 Å². The van der Waals surface area contributed by atoms with Crippen molar-refractivity contribution in [2.75, 3.05) is 20.2 Å². The fraction of sp³-hybridized carbons (Fsp3) is 0.600. The van der Waals surface area contributed by atoms with Crippen molar-refractivity contribution >= 4 is 11.3 Å². The molecule has 1 aliphatic heterocycles. The molecular weight excluding hydrogens is 182 g/mol. The SMILES string of the molecule is COc1ccc(CN2CCCC2)s1. The molecule has 13 heavy (non-hydrogen) atoms. The summed E-state index contributed by atoms with van der Waals surface area (Å²) < 4.78 is 5.16. The summed E-state index contributed by atoms with van der Waals surface area (Å²) in [5, 5.41) is 1.02. The molecule has 0 radical (unpaired) electrons. The second-order valence-corrected chi connectivity index (χ2v) is 4.54. The molecule has 0 unspecified atom stereocenters. The van der Waals surface area contributed by atoms with E-state index >= 15 is 0 Å². The van der Waals surface area contributed by atoms with E-state index in [0.29, 0.717) is 0 Å². The molecule has 0 aromatic carbocycles. The largest absolute Gasteiger partial charge is 0.487 e. The van der Waals surface area contributed by atoms with E-state index < -0.39 is 0 Å². The van der Waals surface area contributed by atoms with E-state index in [0.717, 1.165) is 11.6 Å². The van der Waals surface area contributed by atoms with Gasteiger partial charge in [0.15, 0.2) is 5.06 Å². The maximum absolute atomic E-state index is 5.16. The minimum absolute atomic E-state index is 1.02. The lowest BCUT2D eigenvalue weighted by atomic mass is 10.4. The van der Waals surface area contributed by atoms with Crippen LogP contribution in [0.25, 0.3) is 0 Å². The lowest BCUT2D eigenvalue weighted by molar-refractivity contribution is 0.334. The predicted molar refractivity (Wildman–Crippen MR) is 55.4 cm³/mol. The number of thiophene rings is 1. The van der Waals surface area contributed by atoms with Gasteiger partial charge in [0.05, 0.1) is 7.11 Å². The highest BCUT2D eigenvalue weighted by molar-refractivity contribution is 7.13. The second kappa shape index (κ2) is 4.11. The smallest absolute Gasteiger partial charge is 0.173 e. The van der Waals surface area contributed by atoms with E-state index in [2.05, 4.69) is 17.0 Å². The number of methoxy groups -OCH3 is 1. The molecule has 0 N–H and O–H groups in total. The maximum atomic E-state index is 5.16. The number of nitrogens with zero attached hydrogens (tertiary/aromatic N) is 1. The highest BCUT2D eigenvalue weighted by Gasteiger charge is 2.12. The first-order chi connectivity index (χ1) is 6.38. The fourth-order valence-electron chi connectivity index (χ4n) is 1.71. The van der Waals surface area contributed by atoms with Crippen LogP contribution in [0.15, 0.2) is 12.1 Å². The summed E-state index contributed by atoms with van der Waals surface area (Å²) in [5.74, 6) is 0. The third-order valence-electron chi connectivity index (χ3n) is 2.42. The molecule has 1 aromatic heterocycles. The monoisotopic (exact) mass is 197 g/mol. The molecule has 0 atom stereocenters. The Balaban J connectivity index is 1.92. The van der Waals surface area contributed by atoms with Gasteiger partial charge in [-0.15, -0.1) is 11.3 Å². The lowest BCUT2D eigenvalue weighted by Crippen LogP contribution is -2.17. The Kier molecular flexibility index (Phi) is 2.86. The molecule has 0 saturated carbocycles. The van der Waals surface area contributed by atoms with Crippen LogP contribution in [-0.4, -0.2) is 25.1 Å². The number of rotatable bonds is 3. The van der Waals surface area contributed by atoms with Gasteiger partial charge in [-0.2, -0.15) is 0 Å². The number of hydrogen-bond acceptors (Lipinski definition) is 3. The average molecular weight is 197 g/mol. The molecule has 72 valence electrons.